The fraction of sp³-hybridized carbons (Fsp3) is 0.600. The number of rotatable bonds is 8. The first-order valence-electron chi connectivity index (χ1n) is 9.79. The lowest BCUT2D eigenvalue weighted by Crippen LogP contribution is -2.45. The predicted octanol–water partition coefficient (Wildman–Crippen LogP) is 2.85. The Morgan fingerprint density at radius 1 is 1.23 bits per heavy atom. The van der Waals surface area contributed by atoms with Crippen LogP contribution < -0.4 is 15.4 Å². The van der Waals surface area contributed by atoms with Crippen molar-refractivity contribution in [1.29, 1.82) is 0 Å². The molecule has 0 spiro atoms. The van der Waals surface area contributed by atoms with E-state index in [2.05, 4.69) is 26.6 Å². The van der Waals surface area contributed by atoms with Crippen LogP contribution in [0.25, 0.3) is 0 Å². The SMILES string of the molecule is O=C(NCC=CCOc1cc(CN2CCCCC2)ccn1)NC1CCC1. The van der Waals surface area contributed by atoms with Crippen LogP contribution in [0, 0.1) is 0 Å². The number of carbonyl (C=O) groups is 1. The predicted molar refractivity (Wildman–Crippen MR) is 102 cm³/mol. The van der Waals surface area contributed by atoms with Crippen molar-refractivity contribution in [3.05, 3.63) is 36.0 Å². The van der Waals surface area contributed by atoms with Crippen LogP contribution in [0.3, 0.4) is 0 Å². The molecule has 26 heavy (non-hydrogen) atoms. The van der Waals surface area contributed by atoms with Gasteiger partial charge in [-0.2, -0.15) is 0 Å². The molecule has 1 aliphatic heterocycles. The van der Waals surface area contributed by atoms with E-state index in [-0.39, 0.29) is 6.03 Å². The van der Waals surface area contributed by atoms with Crippen molar-refractivity contribution in [2.24, 2.45) is 0 Å². The van der Waals surface area contributed by atoms with Gasteiger partial charge in [0.05, 0.1) is 0 Å². The molecule has 2 fully saturated rings. The minimum absolute atomic E-state index is 0.0904. The third kappa shape index (κ3) is 6.33. The Hall–Kier alpha value is -2.08. The number of carbonyl (C=O) groups excluding carboxylic acids is 1. The zero-order valence-electron chi connectivity index (χ0n) is 15.5. The fourth-order valence-corrected chi connectivity index (χ4v) is 3.23. The number of pyridine rings is 1. The van der Waals surface area contributed by atoms with E-state index in [4.69, 9.17) is 4.74 Å². The molecule has 1 aromatic heterocycles. The lowest BCUT2D eigenvalue weighted by molar-refractivity contribution is 0.220. The second kappa shape index (κ2) is 10.2. The number of urea groups is 1. The van der Waals surface area contributed by atoms with E-state index in [1.807, 2.05) is 24.4 Å². The second-order valence-electron chi connectivity index (χ2n) is 7.10. The number of amides is 2. The first-order chi connectivity index (χ1) is 12.8. The highest BCUT2D eigenvalue weighted by molar-refractivity contribution is 5.74. The van der Waals surface area contributed by atoms with Crippen molar-refractivity contribution >= 4 is 6.03 Å². The molecular formula is C20H30N4O2. The number of aromatic nitrogens is 1. The zero-order valence-corrected chi connectivity index (χ0v) is 15.5. The largest absolute Gasteiger partial charge is 0.473 e. The Bertz CT molecular complexity index is 595. The Kier molecular flexibility index (Phi) is 7.31. The maximum Gasteiger partial charge on any atom is 0.315 e. The van der Waals surface area contributed by atoms with Crippen LogP contribution >= 0.6 is 0 Å². The number of ether oxygens (including phenoxy) is 1. The number of hydrogen-bond acceptors (Lipinski definition) is 4. The molecule has 0 atom stereocenters. The van der Waals surface area contributed by atoms with Crippen LogP contribution in [0.2, 0.25) is 0 Å². The van der Waals surface area contributed by atoms with Crippen molar-refractivity contribution in [1.82, 2.24) is 20.5 Å². The van der Waals surface area contributed by atoms with Gasteiger partial charge >= 0.3 is 6.03 Å². The summed E-state index contributed by atoms with van der Waals surface area (Å²) < 4.78 is 5.69. The Morgan fingerprint density at radius 2 is 2.08 bits per heavy atom. The summed E-state index contributed by atoms with van der Waals surface area (Å²) in [5.41, 5.74) is 1.25. The Balaban J connectivity index is 1.32. The van der Waals surface area contributed by atoms with E-state index in [9.17, 15) is 4.79 Å². The Morgan fingerprint density at radius 3 is 2.85 bits per heavy atom. The molecule has 1 aromatic rings. The van der Waals surface area contributed by atoms with Gasteiger partial charge < -0.3 is 15.4 Å². The summed E-state index contributed by atoms with van der Waals surface area (Å²) in [5.74, 6) is 0.653. The van der Waals surface area contributed by atoms with Crippen molar-refractivity contribution in [3.8, 4) is 5.88 Å². The maximum atomic E-state index is 11.6. The summed E-state index contributed by atoms with van der Waals surface area (Å²) in [5, 5.41) is 5.77. The molecule has 0 aromatic carbocycles. The summed E-state index contributed by atoms with van der Waals surface area (Å²) in [7, 11) is 0. The molecule has 3 rings (SSSR count). The van der Waals surface area contributed by atoms with E-state index in [0.717, 1.165) is 19.4 Å². The van der Waals surface area contributed by atoms with Crippen LogP contribution in [0.15, 0.2) is 30.5 Å². The monoisotopic (exact) mass is 358 g/mol. The summed E-state index contributed by atoms with van der Waals surface area (Å²) in [4.78, 5) is 18.4. The third-order valence-electron chi connectivity index (χ3n) is 4.97. The topological polar surface area (TPSA) is 66.5 Å². The standard InChI is InChI=1S/C20H30N4O2/c25-20(23-18-7-6-8-18)22-10-2-5-14-26-19-15-17(9-11-21-19)16-24-12-3-1-4-13-24/h2,5,9,11,15,18H,1,3-4,6-8,10,12-14,16H2,(H2,22,23,25). The average molecular weight is 358 g/mol. The minimum Gasteiger partial charge on any atom is -0.473 e. The van der Waals surface area contributed by atoms with Crippen LogP contribution in [-0.4, -0.2) is 48.2 Å². The van der Waals surface area contributed by atoms with Crippen molar-refractivity contribution in [2.75, 3.05) is 26.2 Å². The Labute approximate surface area is 156 Å². The van der Waals surface area contributed by atoms with Gasteiger partial charge in [-0.15, -0.1) is 0 Å². The van der Waals surface area contributed by atoms with Crippen molar-refractivity contribution < 1.29 is 9.53 Å². The molecule has 1 aliphatic carbocycles. The molecule has 2 amide bonds. The minimum atomic E-state index is -0.0904. The van der Waals surface area contributed by atoms with Gasteiger partial charge in [-0.1, -0.05) is 12.5 Å². The highest BCUT2D eigenvalue weighted by Crippen LogP contribution is 2.17. The molecule has 2 heterocycles. The molecule has 0 bridgehead atoms. The molecular weight excluding hydrogens is 328 g/mol. The highest BCUT2D eigenvalue weighted by atomic mass is 16.5. The van der Waals surface area contributed by atoms with Gasteiger partial charge in [-0.3, -0.25) is 4.90 Å². The van der Waals surface area contributed by atoms with E-state index >= 15 is 0 Å². The fourth-order valence-electron chi connectivity index (χ4n) is 3.23. The molecule has 142 valence electrons. The average Bonchev–Trinajstić information content (AvgIpc) is 2.62. The smallest absolute Gasteiger partial charge is 0.315 e. The summed E-state index contributed by atoms with van der Waals surface area (Å²) in [6.45, 7) is 4.29. The number of likely N-dealkylation sites (tertiary alicyclic amines) is 1. The van der Waals surface area contributed by atoms with Gasteiger partial charge in [0.25, 0.3) is 0 Å². The molecule has 6 heteroatoms. The number of piperidine rings is 1. The van der Waals surface area contributed by atoms with E-state index in [1.165, 1.54) is 44.3 Å². The number of nitrogens with one attached hydrogen (secondary N) is 2. The molecule has 1 saturated heterocycles. The highest BCUT2D eigenvalue weighted by Gasteiger charge is 2.18. The molecule has 2 N–H and O–H groups in total. The van der Waals surface area contributed by atoms with Gasteiger partial charge in [-0.05, 0) is 62.9 Å². The molecule has 6 nitrogen and oxygen atoms in total. The second-order valence-corrected chi connectivity index (χ2v) is 7.10. The third-order valence-corrected chi connectivity index (χ3v) is 4.97. The quantitative estimate of drug-likeness (QED) is 0.701. The van der Waals surface area contributed by atoms with Crippen LogP contribution in [0.4, 0.5) is 4.79 Å². The van der Waals surface area contributed by atoms with Gasteiger partial charge in [0.15, 0.2) is 0 Å². The normalized spacial score (nSPS) is 18.5. The number of hydrogen-bond donors (Lipinski definition) is 2. The van der Waals surface area contributed by atoms with E-state index in [1.54, 1.807) is 0 Å². The van der Waals surface area contributed by atoms with Gasteiger partial charge in [-0.25, -0.2) is 9.78 Å². The summed E-state index contributed by atoms with van der Waals surface area (Å²) in [6.07, 6.45) is 13.0. The van der Waals surface area contributed by atoms with Crippen molar-refractivity contribution in [3.63, 3.8) is 0 Å². The van der Waals surface area contributed by atoms with Crippen molar-refractivity contribution in [2.45, 2.75) is 51.1 Å². The lowest BCUT2D eigenvalue weighted by Gasteiger charge is -2.26. The zero-order chi connectivity index (χ0) is 18.0. The molecule has 2 aliphatic rings. The lowest BCUT2D eigenvalue weighted by atomic mass is 9.93. The molecule has 0 unspecified atom stereocenters. The van der Waals surface area contributed by atoms with E-state index < -0.39 is 0 Å². The number of nitrogens with zero attached hydrogens (tertiary/aromatic N) is 2. The first kappa shape index (κ1) is 18.7. The summed E-state index contributed by atoms with van der Waals surface area (Å²) in [6, 6.07) is 4.35. The first-order valence-corrected chi connectivity index (χ1v) is 9.79. The van der Waals surface area contributed by atoms with Gasteiger partial charge in [0, 0.05) is 31.4 Å². The molecule has 1 saturated carbocycles. The van der Waals surface area contributed by atoms with Gasteiger partial charge in [0.2, 0.25) is 5.88 Å². The van der Waals surface area contributed by atoms with Crippen LogP contribution in [-0.2, 0) is 6.54 Å². The summed E-state index contributed by atoms with van der Waals surface area (Å²) >= 11 is 0. The van der Waals surface area contributed by atoms with Crippen LogP contribution in [0.1, 0.15) is 44.1 Å². The molecule has 0 radical (unpaired) electrons. The maximum absolute atomic E-state index is 11.6. The van der Waals surface area contributed by atoms with Gasteiger partial charge in [0.1, 0.15) is 6.61 Å². The van der Waals surface area contributed by atoms with E-state index in [0.29, 0.717) is 25.1 Å². The van der Waals surface area contributed by atoms with Crippen LogP contribution in [0.5, 0.6) is 5.88 Å².